The van der Waals surface area contributed by atoms with Gasteiger partial charge in [0.25, 0.3) is 5.91 Å². The molecule has 5 heteroatoms. The lowest BCUT2D eigenvalue weighted by Gasteiger charge is -2.27. The smallest absolute Gasteiger partial charge is 0.257 e. The van der Waals surface area contributed by atoms with Crippen molar-refractivity contribution < 1.29 is 9.53 Å². The number of hydrogen-bond donors (Lipinski definition) is 0. The molecule has 2 unspecified atom stereocenters. The fourth-order valence-electron chi connectivity index (χ4n) is 2.65. The number of hydrogen-bond acceptors (Lipinski definition) is 3. The second-order valence-corrected chi connectivity index (χ2v) is 6.42. The molecule has 3 nitrogen and oxygen atoms in total. The van der Waals surface area contributed by atoms with Gasteiger partial charge in [-0.3, -0.25) is 4.79 Å². The molecular weight excluding hydrogens is 270 g/mol. The average Bonchev–Trinajstić information content (AvgIpc) is 3.00. The highest BCUT2D eigenvalue weighted by Gasteiger charge is 2.41. The second kappa shape index (κ2) is 4.67. The Kier molecular flexibility index (Phi) is 3.16. The number of amides is 1. The number of ether oxygens (including phenoxy) is 1. The van der Waals surface area contributed by atoms with Crippen molar-refractivity contribution >= 4 is 29.3 Å². The Hall–Kier alpha value is -0.870. The maximum Gasteiger partial charge on any atom is 0.257 e. The van der Waals surface area contributed by atoms with Gasteiger partial charge in [-0.1, -0.05) is 11.6 Å². The van der Waals surface area contributed by atoms with Crippen LogP contribution in [0.15, 0.2) is 18.2 Å². The zero-order valence-electron chi connectivity index (χ0n) is 10.1. The Morgan fingerprint density at radius 1 is 1.56 bits per heavy atom. The number of halogens is 1. The molecular formula is C13H14ClNO2S. The monoisotopic (exact) mass is 283 g/mol. The fourth-order valence-corrected chi connectivity index (χ4v) is 4.26. The van der Waals surface area contributed by atoms with Gasteiger partial charge in [-0.05, 0) is 24.6 Å². The topological polar surface area (TPSA) is 29.5 Å². The van der Waals surface area contributed by atoms with Crippen molar-refractivity contribution in [2.75, 3.05) is 19.4 Å². The van der Waals surface area contributed by atoms with E-state index < -0.39 is 0 Å². The van der Waals surface area contributed by atoms with E-state index in [-0.39, 0.29) is 5.91 Å². The van der Waals surface area contributed by atoms with Crippen molar-refractivity contribution in [1.29, 1.82) is 0 Å². The molecule has 1 aromatic rings. The lowest BCUT2D eigenvalue weighted by molar-refractivity contribution is 0.0744. The minimum Gasteiger partial charge on any atom is -0.496 e. The fraction of sp³-hybridized carbons (Fsp3) is 0.462. The Balaban J connectivity index is 1.90. The van der Waals surface area contributed by atoms with Crippen LogP contribution in [0.4, 0.5) is 0 Å². The van der Waals surface area contributed by atoms with Crippen LogP contribution in [0.3, 0.4) is 0 Å². The summed E-state index contributed by atoms with van der Waals surface area (Å²) in [5, 5.41) is 1.18. The number of thioether (sulfide) groups is 1. The van der Waals surface area contributed by atoms with Crippen molar-refractivity contribution in [3.8, 4) is 5.75 Å². The number of carbonyl (C=O) groups excluding carboxylic acids is 1. The van der Waals surface area contributed by atoms with Crippen molar-refractivity contribution in [2.24, 2.45) is 0 Å². The molecule has 96 valence electrons. The predicted octanol–water partition coefficient (Wildman–Crippen LogP) is 2.68. The zero-order valence-corrected chi connectivity index (χ0v) is 11.6. The lowest BCUT2D eigenvalue weighted by atomic mass is 10.1. The maximum absolute atomic E-state index is 12.5. The number of carbonyl (C=O) groups is 1. The number of methoxy groups -OCH3 is 1. The van der Waals surface area contributed by atoms with E-state index in [9.17, 15) is 4.79 Å². The molecule has 1 amide bonds. The summed E-state index contributed by atoms with van der Waals surface area (Å²) in [7, 11) is 1.58. The molecule has 0 aromatic heterocycles. The molecule has 2 bridgehead atoms. The first-order chi connectivity index (χ1) is 8.69. The molecule has 0 spiro atoms. The van der Waals surface area contributed by atoms with E-state index in [0.29, 0.717) is 27.6 Å². The molecule has 18 heavy (non-hydrogen) atoms. The van der Waals surface area contributed by atoms with Crippen molar-refractivity contribution in [3.63, 3.8) is 0 Å². The summed E-state index contributed by atoms with van der Waals surface area (Å²) in [6.45, 7) is 0.851. The lowest BCUT2D eigenvalue weighted by Crippen LogP contribution is -2.39. The minimum atomic E-state index is 0.0437. The summed E-state index contributed by atoms with van der Waals surface area (Å²) in [6, 6.07) is 5.57. The quantitative estimate of drug-likeness (QED) is 0.836. The largest absolute Gasteiger partial charge is 0.496 e. The van der Waals surface area contributed by atoms with Crippen LogP contribution in [0.2, 0.25) is 5.02 Å². The van der Waals surface area contributed by atoms with Crippen molar-refractivity contribution in [1.82, 2.24) is 4.90 Å². The van der Waals surface area contributed by atoms with Gasteiger partial charge in [0, 0.05) is 28.6 Å². The molecule has 2 heterocycles. The summed E-state index contributed by atoms with van der Waals surface area (Å²) in [6.07, 6.45) is 1.12. The summed E-state index contributed by atoms with van der Waals surface area (Å²) >= 11 is 7.94. The van der Waals surface area contributed by atoms with E-state index in [1.807, 2.05) is 16.7 Å². The van der Waals surface area contributed by atoms with Crippen LogP contribution < -0.4 is 4.74 Å². The molecule has 0 aliphatic carbocycles. The van der Waals surface area contributed by atoms with Crippen LogP contribution in [0.25, 0.3) is 0 Å². The predicted molar refractivity (Wildman–Crippen MR) is 73.7 cm³/mol. The standard InChI is InChI=1S/C13H14ClNO2S/c1-17-12-3-2-8(14)4-11(12)13(16)15-6-10-5-9(15)7-18-10/h2-4,9-10H,5-7H2,1H3. The average molecular weight is 284 g/mol. The van der Waals surface area contributed by atoms with Crippen LogP contribution in [0.5, 0.6) is 5.75 Å². The molecule has 3 rings (SSSR count). The van der Waals surface area contributed by atoms with E-state index in [0.717, 1.165) is 18.7 Å². The van der Waals surface area contributed by atoms with Gasteiger partial charge in [0.05, 0.1) is 12.7 Å². The molecule has 0 radical (unpaired) electrons. The van der Waals surface area contributed by atoms with E-state index >= 15 is 0 Å². The first-order valence-electron chi connectivity index (χ1n) is 5.95. The second-order valence-electron chi connectivity index (χ2n) is 4.65. The van der Waals surface area contributed by atoms with E-state index in [4.69, 9.17) is 16.3 Å². The molecule has 0 N–H and O–H groups in total. The highest BCUT2D eigenvalue weighted by molar-refractivity contribution is 8.00. The van der Waals surface area contributed by atoms with Gasteiger partial charge >= 0.3 is 0 Å². The summed E-state index contributed by atoms with van der Waals surface area (Å²) < 4.78 is 5.25. The Morgan fingerprint density at radius 3 is 3.00 bits per heavy atom. The molecule has 2 fully saturated rings. The molecule has 2 aliphatic rings. The van der Waals surface area contributed by atoms with Gasteiger partial charge in [-0.2, -0.15) is 11.8 Å². The normalized spacial score (nSPS) is 25.6. The van der Waals surface area contributed by atoms with E-state index in [1.165, 1.54) is 0 Å². The molecule has 2 saturated heterocycles. The van der Waals surface area contributed by atoms with Crippen LogP contribution in [-0.4, -0.2) is 41.5 Å². The zero-order chi connectivity index (χ0) is 12.7. The molecule has 1 aromatic carbocycles. The number of fused-ring (bicyclic) bond motifs is 2. The molecule has 2 atom stereocenters. The van der Waals surface area contributed by atoms with Gasteiger partial charge < -0.3 is 9.64 Å². The third-order valence-electron chi connectivity index (χ3n) is 3.55. The Labute approximate surface area is 115 Å². The highest BCUT2D eigenvalue weighted by Crippen LogP contribution is 2.39. The van der Waals surface area contributed by atoms with Gasteiger partial charge in [-0.25, -0.2) is 0 Å². The van der Waals surface area contributed by atoms with E-state index in [2.05, 4.69) is 0 Å². The first kappa shape index (κ1) is 12.2. The number of likely N-dealkylation sites (tertiary alicyclic amines) is 1. The Bertz CT molecular complexity index is 494. The maximum atomic E-state index is 12.5. The van der Waals surface area contributed by atoms with Crippen LogP contribution in [0.1, 0.15) is 16.8 Å². The van der Waals surface area contributed by atoms with Gasteiger partial charge in [0.15, 0.2) is 0 Å². The van der Waals surface area contributed by atoms with Crippen LogP contribution in [-0.2, 0) is 0 Å². The first-order valence-corrected chi connectivity index (χ1v) is 7.38. The van der Waals surface area contributed by atoms with E-state index in [1.54, 1.807) is 25.3 Å². The minimum absolute atomic E-state index is 0.0437. The molecule has 0 saturated carbocycles. The highest BCUT2D eigenvalue weighted by atomic mass is 35.5. The summed E-state index contributed by atoms with van der Waals surface area (Å²) in [4.78, 5) is 14.5. The third-order valence-corrected chi connectivity index (χ3v) is 5.18. The van der Waals surface area contributed by atoms with Crippen LogP contribution >= 0.6 is 23.4 Å². The summed E-state index contributed by atoms with van der Waals surface area (Å²) in [5.74, 6) is 1.70. The van der Waals surface area contributed by atoms with Crippen molar-refractivity contribution in [3.05, 3.63) is 28.8 Å². The Morgan fingerprint density at radius 2 is 2.39 bits per heavy atom. The number of rotatable bonds is 2. The van der Waals surface area contributed by atoms with Gasteiger partial charge in [0.2, 0.25) is 0 Å². The SMILES string of the molecule is COc1ccc(Cl)cc1C(=O)N1CC2CC1CS2. The van der Waals surface area contributed by atoms with Gasteiger partial charge in [-0.15, -0.1) is 0 Å². The summed E-state index contributed by atoms with van der Waals surface area (Å²) in [5.41, 5.74) is 0.572. The molecule has 2 aliphatic heterocycles. The van der Waals surface area contributed by atoms with Gasteiger partial charge in [0.1, 0.15) is 5.75 Å². The third kappa shape index (κ3) is 1.97. The number of nitrogens with zero attached hydrogens (tertiary/aromatic N) is 1. The van der Waals surface area contributed by atoms with Crippen molar-refractivity contribution in [2.45, 2.75) is 17.7 Å². The number of benzene rings is 1. The van der Waals surface area contributed by atoms with Crippen LogP contribution in [0, 0.1) is 0 Å².